The van der Waals surface area contributed by atoms with E-state index in [1.807, 2.05) is 30.3 Å². The molecule has 6 nitrogen and oxygen atoms in total. The summed E-state index contributed by atoms with van der Waals surface area (Å²) in [6.07, 6.45) is -3.14. The van der Waals surface area contributed by atoms with Crippen LogP contribution in [0.15, 0.2) is 71.7 Å². The largest absolute Gasteiger partial charge is 0.419 e. The summed E-state index contributed by atoms with van der Waals surface area (Å²) in [5.41, 5.74) is -1.47. The van der Waals surface area contributed by atoms with E-state index in [0.717, 1.165) is 21.7 Å². The first-order valence-corrected chi connectivity index (χ1v) is 9.03. The molecule has 4 aromatic rings. The van der Waals surface area contributed by atoms with E-state index in [9.17, 15) is 27.2 Å². The number of alkyl halides is 3. The number of para-hydroxylation sites is 1. The maximum Gasteiger partial charge on any atom is 0.419 e. The van der Waals surface area contributed by atoms with Gasteiger partial charge in [0.2, 0.25) is 5.91 Å². The Balaban J connectivity index is 1.58. The van der Waals surface area contributed by atoms with Crippen molar-refractivity contribution in [3.8, 4) is 5.82 Å². The van der Waals surface area contributed by atoms with Crippen LogP contribution in [0.25, 0.3) is 16.7 Å². The molecule has 0 fully saturated rings. The van der Waals surface area contributed by atoms with Gasteiger partial charge in [0.05, 0.1) is 11.1 Å². The van der Waals surface area contributed by atoms with E-state index in [-0.39, 0.29) is 5.69 Å². The maximum atomic E-state index is 13.4. The fourth-order valence-corrected chi connectivity index (χ4v) is 3.12. The summed E-state index contributed by atoms with van der Waals surface area (Å²) in [6.45, 7) is -0.537. The second-order valence-corrected chi connectivity index (χ2v) is 6.67. The number of carbonyl (C=O) groups excluding carboxylic acids is 1. The second kappa shape index (κ2) is 7.71. The highest BCUT2D eigenvalue weighted by atomic mass is 19.4. The van der Waals surface area contributed by atoms with Gasteiger partial charge in [-0.15, -0.1) is 0 Å². The molecule has 0 radical (unpaired) electrons. The molecule has 0 aliphatic rings. The number of hydrogen-bond donors (Lipinski definition) is 1. The number of nitrogens with zero attached hydrogens (tertiary/aromatic N) is 3. The average molecular weight is 430 g/mol. The minimum atomic E-state index is -4.91. The zero-order valence-electron chi connectivity index (χ0n) is 15.7. The van der Waals surface area contributed by atoms with Gasteiger partial charge in [0, 0.05) is 18.0 Å². The van der Waals surface area contributed by atoms with Crippen LogP contribution in [0.5, 0.6) is 0 Å². The van der Waals surface area contributed by atoms with Crippen LogP contribution in [-0.4, -0.2) is 20.3 Å². The molecule has 0 aliphatic heterocycles. The molecule has 31 heavy (non-hydrogen) atoms. The Labute approximate surface area is 172 Å². The lowest BCUT2D eigenvalue weighted by molar-refractivity contribution is -0.140. The number of benzene rings is 2. The number of amides is 1. The summed E-state index contributed by atoms with van der Waals surface area (Å²) in [7, 11) is 0. The molecule has 0 bridgehead atoms. The monoisotopic (exact) mass is 430 g/mol. The molecule has 1 amide bonds. The van der Waals surface area contributed by atoms with Gasteiger partial charge in [-0.2, -0.15) is 18.3 Å². The van der Waals surface area contributed by atoms with E-state index in [0.29, 0.717) is 18.0 Å². The molecular formula is C21H14F4N4O2. The zero-order chi connectivity index (χ0) is 22.2. The van der Waals surface area contributed by atoms with Crippen molar-refractivity contribution >= 4 is 22.5 Å². The van der Waals surface area contributed by atoms with E-state index in [1.54, 1.807) is 10.8 Å². The van der Waals surface area contributed by atoms with Crippen LogP contribution in [-0.2, 0) is 17.5 Å². The predicted molar refractivity (Wildman–Crippen MR) is 105 cm³/mol. The first-order valence-electron chi connectivity index (χ1n) is 9.03. The summed E-state index contributed by atoms with van der Waals surface area (Å²) >= 11 is 0. The molecule has 10 heteroatoms. The molecular weight excluding hydrogens is 416 g/mol. The van der Waals surface area contributed by atoms with E-state index in [4.69, 9.17) is 0 Å². The van der Waals surface area contributed by atoms with Crippen LogP contribution in [0.4, 0.5) is 23.2 Å². The van der Waals surface area contributed by atoms with Crippen molar-refractivity contribution < 1.29 is 22.4 Å². The fourth-order valence-electron chi connectivity index (χ4n) is 3.12. The molecule has 2 heterocycles. The number of aromatic nitrogens is 3. The standard InChI is InChI=1S/C21H14F4N4O2/c22-16-6-5-14(11-15(16)21(23,24)25)26-19(30)12-29-20(31)8-7-18(27-29)28-10-9-13-3-1-2-4-17(13)28/h1-11H,12H2,(H,26,30). The smallest absolute Gasteiger partial charge is 0.324 e. The molecule has 0 unspecified atom stereocenters. The van der Waals surface area contributed by atoms with Gasteiger partial charge in [0.1, 0.15) is 12.4 Å². The van der Waals surface area contributed by atoms with Crippen molar-refractivity contribution in [1.82, 2.24) is 14.3 Å². The van der Waals surface area contributed by atoms with Crippen LogP contribution >= 0.6 is 0 Å². The predicted octanol–water partition coefficient (Wildman–Crippen LogP) is 3.98. The number of anilines is 1. The van der Waals surface area contributed by atoms with Gasteiger partial charge >= 0.3 is 6.18 Å². The van der Waals surface area contributed by atoms with Gasteiger partial charge in [0.25, 0.3) is 5.56 Å². The van der Waals surface area contributed by atoms with Gasteiger partial charge in [-0.25, -0.2) is 9.07 Å². The van der Waals surface area contributed by atoms with Crippen molar-refractivity contribution in [1.29, 1.82) is 0 Å². The van der Waals surface area contributed by atoms with Crippen molar-refractivity contribution in [3.05, 3.63) is 88.6 Å². The lowest BCUT2D eigenvalue weighted by Gasteiger charge is -2.12. The molecule has 0 aliphatic carbocycles. The SMILES string of the molecule is O=C(Cn1nc(-n2ccc3ccccc32)ccc1=O)Nc1ccc(F)c(C(F)(F)F)c1. The molecule has 0 atom stereocenters. The van der Waals surface area contributed by atoms with Gasteiger partial charge in [-0.1, -0.05) is 18.2 Å². The van der Waals surface area contributed by atoms with E-state index < -0.39 is 35.6 Å². The van der Waals surface area contributed by atoms with E-state index in [1.165, 1.54) is 12.1 Å². The average Bonchev–Trinajstić information content (AvgIpc) is 3.14. The maximum absolute atomic E-state index is 13.4. The van der Waals surface area contributed by atoms with Crippen molar-refractivity contribution in [2.24, 2.45) is 0 Å². The molecule has 158 valence electrons. The van der Waals surface area contributed by atoms with Crippen LogP contribution in [0.2, 0.25) is 0 Å². The van der Waals surface area contributed by atoms with E-state index in [2.05, 4.69) is 10.4 Å². The highest BCUT2D eigenvalue weighted by molar-refractivity contribution is 5.90. The Morgan fingerprint density at radius 2 is 1.81 bits per heavy atom. The minimum absolute atomic E-state index is 0.251. The third-order valence-electron chi connectivity index (χ3n) is 4.55. The first-order chi connectivity index (χ1) is 14.7. The lowest BCUT2D eigenvalue weighted by Crippen LogP contribution is -2.30. The van der Waals surface area contributed by atoms with Crippen molar-refractivity contribution in [2.75, 3.05) is 5.32 Å². The molecule has 1 N–H and O–H groups in total. The molecule has 2 aromatic carbocycles. The summed E-state index contributed by atoms with van der Waals surface area (Å²) in [5, 5.41) is 7.37. The normalized spacial score (nSPS) is 11.6. The lowest BCUT2D eigenvalue weighted by atomic mass is 10.2. The van der Waals surface area contributed by atoms with E-state index >= 15 is 0 Å². The van der Waals surface area contributed by atoms with Gasteiger partial charge in [-0.05, 0) is 41.8 Å². The highest BCUT2D eigenvalue weighted by Crippen LogP contribution is 2.33. The van der Waals surface area contributed by atoms with Crippen molar-refractivity contribution in [3.63, 3.8) is 0 Å². The van der Waals surface area contributed by atoms with Crippen LogP contribution in [0, 0.1) is 5.82 Å². The Morgan fingerprint density at radius 1 is 1.03 bits per heavy atom. The summed E-state index contributed by atoms with van der Waals surface area (Å²) < 4.78 is 54.6. The molecule has 2 aromatic heterocycles. The van der Waals surface area contributed by atoms with Crippen LogP contribution in [0.3, 0.4) is 0 Å². The highest BCUT2D eigenvalue weighted by Gasteiger charge is 2.34. The van der Waals surface area contributed by atoms with Gasteiger partial charge in [0.15, 0.2) is 5.82 Å². The number of hydrogen-bond acceptors (Lipinski definition) is 3. The summed E-state index contributed by atoms with van der Waals surface area (Å²) in [6, 6.07) is 14.2. The summed E-state index contributed by atoms with van der Waals surface area (Å²) in [5.74, 6) is -1.85. The van der Waals surface area contributed by atoms with Crippen molar-refractivity contribution in [2.45, 2.75) is 12.7 Å². The number of nitrogens with one attached hydrogen (secondary N) is 1. The minimum Gasteiger partial charge on any atom is -0.324 e. The zero-order valence-corrected chi connectivity index (χ0v) is 15.7. The Morgan fingerprint density at radius 3 is 2.58 bits per heavy atom. The number of rotatable bonds is 4. The Hall–Kier alpha value is -3.95. The molecule has 0 saturated heterocycles. The van der Waals surface area contributed by atoms with Crippen LogP contribution in [0.1, 0.15) is 5.56 Å². The molecule has 0 saturated carbocycles. The molecule has 4 rings (SSSR count). The third-order valence-corrected chi connectivity index (χ3v) is 4.55. The van der Waals surface area contributed by atoms with Crippen LogP contribution < -0.4 is 10.9 Å². The number of fused-ring (bicyclic) bond motifs is 1. The Kier molecular flexibility index (Phi) is 5.05. The summed E-state index contributed by atoms with van der Waals surface area (Å²) in [4.78, 5) is 24.4. The molecule has 0 spiro atoms. The van der Waals surface area contributed by atoms with Gasteiger partial charge < -0.3 is 5.32 Å². The topological polar surface area (TPSA) is 68.9 Å². The third kappa shape index (κ3) is 4.18. The second-order valence-electron chi connectivity index (χ2n) is 6.67. The van der Waals surface area contributed by atoms with Gasteiger partial charge in [-0.3, -0.25) is 14.2 Å². The number of halogens is 4. The first kappa shape index (κ1) is 20.3. The quantitative estimate of drug-likeness (QED) is 0.498. The Bertz CT molecular complexity index is 1340. The number of carbonyl (C=O) groups is 1. The fraction of sp³-hybridized carbons (Fsp3) is 0.0952.